The zero-order valence-electron chi connectivity index (χ0n) is 15.1. The number of ketones is 1. The van der Waals surface area contributed by atoms with E-state index in [2.05, 4.69) is 13.8 Å². The van der Waals surface area contributed by atoms with Crippen LogP contribution >= 0.6 is 0 Å². The molecule has 1 nitrogen and oxygen atoms in total. The molecule has 0 atom stereocenters. The summed E-state index contributed by atoms with van der Waals surface area (Å²) in [5.74, 6) is 1.31. The summed E-state index contributed by atoms with van der Waals surface area (Å²) >= 11 is 0. The van der Waals surface area contributed by atoms with E-state index in [4.69, 9.17) is 0 Å². The second-order valence-electron chi connectivity index (χ2n) is 7.07. The smallest absolute Gasteiger partial charge is 0.132 e. The van der Waals surface area contributed by atoms with Gasteiger partial charge in [0.1, 0.15) is 5.78 Å². The van der Waals surface area contributed by atoms with Crippen LogP contribution in [0.25, 0.3) is 0 Å². The summed E-state index contributed by atoms with van der Waals surface area (Å²) in [6, 6.07) is 0. The molecular weight excluding hydrogens is 256 g/mol. The molecule has 0 aromatic carbocycles. The van der Waals surface area contributed by atoms with Crippen molar-refractivity contribution in [2.24, 2.45) is 5.92 Å². The fourth-order valence-electron chi connectivity index (χ4n) is 2.82. The van der Waals surface area contributed by atoms with Gasteiger partial charge in [0.25, 0.3) is 0 Å². The maximum Gasteiger partial charge on any atom is 0.132 e. The lowest BCUT2D eigenvalue weighted by Crippen LogP contribution is -1.94. The van der Waals surface area contributed by atoms with Gasteiger partial charge in [-0.1, -0.05) is 97.8 Å². The highest BCUT2D eigenvalue weighted by molar-refractivity contribution is 5.77. The van der Waals surface area contributed by atoms with Crippen LogP contribution in [0.4, 0.5) is 0 Å². The molecule has 126 valence electrons. The van der Waals surface area contributed by atoms with Gasteiger partial charge in [-0.25, -0.2) is 0 Å². The average Bonchev–Trinajstić information content (AvgIpc) is 2.46. The van der Waals surface area contributed by atoms with E-state index in [9.17, 15) is 4.79 Å². The van der Waals surface area contributed by atoms with Crippen LogP contribution in [0.3, 0.4) is 0 Å². The molecule has 0 heterocycles. The van der Waals surface area contributed by atoms with Crippen LogP contribution in [-0.4, -0.2) is 5.78 Å². The summed E-state index contributed by atoms with van der Waals surface area (Å²) in [6.45, 7) is 6.61. The van der Waals surface area contributed by atoms with Gasteiger partial charge in [0.2, 0.25) is 0 Å². The van der Waals surface area contributed by atoms with Crippen LogP contribution in [0.15, 0.2) is 0 Å². The van der Waals surface area contributed by atoms with Crippen LogP contribution in [0.2, 0.25) is 0 Å². The summed E-state index contributed by atoms with van der Waals surface area (Å²) < 4.78 is 0. The number of unbranched alkanes of at least 4 members (excludes halogenated alkanes) is 11. The third-order valence-corrected chi connectivity index (χ3v) is 4.38. The predicted molar refractivity (Wildman–Crippen MR) is 94.8 cm³/mol. The van der Waals surface area contributed by atoms with Crippen molar-refractivity contribution in [2.75, 3.05) is 0 Å². The highest BCUT2D eigenvalue weighted by Gasteiger charge is 1.98. The van der Waals surface area contributed by atoms with Crippen LogP contribution in [-0.2, 0) is 4.79 Å². The Kier molecular flexibility index (Phi) is 15.8. The molecule has 0 bridgehead atoms. The largest absolute Gasteiger partial charge is 0.300 e. The molecule has 0 rings (SSSR count). The number of Topliss-reactive ketones (excluding diaryl/α,β-unsaturated/α-hetero) is 1. The van der Waals surface area contributed by atoms with Gasteiger partial charge in [0.05, 0.1) is 0 Å². The van der Waals surface area contributed by atoms with E-state index in [1.807, 2.05) is 6.92 Å². The Morgan fingerprint density at radius 1 is 0.667 bits per heavy atom. The van der Waals surface area contributed by atoms with E-state index >= 15 is 0 Å². The number of carbonyl (C=O) groups excluding carboxylic acids is 1. The standard InChI is InChI=1S/C20H40O/c1-4-20(21)18-16-14-12-10-8-6-5-7-9-11-13-15-17-19(2)3/h19H,4-18H2,1-3H3. The van der Waals surface area contributed by atoms with Crippen molar-refractivity contribution in [2.45, 2.75) is 117 Å². The Balaban J connectivity index is 3.01. The van der Waals surface area contributed by atoms with Gasteiger partial charge in [-0.3, -0.25) is 4.79 Å². The summed E-state index contributed by atoms with van der Waals surface area (Å²) in [4.78, 5) is 11.1. The minimum Gasteiger partial charge on any atom is -0.300 e. The molecule has 0 aliphatic rings. The van der Waals surface area contributed by atoms with E-state index < -0.39 is 0 Å². The zero-order valence-corrected chi connectivity index (χ0v) is 15.1. The summed E-state index contributed by atoms with van der Waals surface area (Å²) in [5.41, 5.74) is 0. The predicted octanol–water partition coefficient (Wildman–Crippen LogP) is 7.08. The molecule has 1 heteroatoms. The highest BCUT2D eigenvalue weighted by Crippen LogP contribution is 2.14. The molecule has 0 fully saturated rings. The first-order chi connectivity index (χ1) is 10.2. The van der Waals surface area contributed by atoms with Crippen molar-refractivity contribution in [3.63, 3.8) is 0 Å². The van der Waals surface area contributed by atoms with Gasteiger partial charge < -0.3 is 0 Å². The van der Waals surface area contributed by atoms with Crippen LogP contribution in [0.5, 0.6) is 0 Å². The highest BCUT2D eigenvalue weighted by atomic mass is 16.1. The van der Waals surface area contributed by atoms with Crippen LogP contribution in [0.1, 0.15) is 117 Å². The molecule has 0 aliphatic heterocycles. The lowest BCUT2D eigenvalue weighted by Gasteiger charge is -2.04. The summed E-state index contributed by atoms with van der Waals surface area (Å²) in [6.07, 6.45) is 19.4. The van der Waals surface area contributed by atoms with E-state index in [0.29, 0.717) is 5.78 Å². The first-order valence-corrected chi connectivity index (χ1v) is 9.68. The minimum atomic E-state index is 0.434. The Morgan fingerprint density at radius 3 is 1.43 bits per heavy atom. The molecule has 0 N–H and O–H groups in total. The van der Waals surface area contributed by atoms with Gasteiger partial charge in [-0.05, 0) is 12.3 Å². The maximum absolute atomic E-state index is 11.1. The molecule has 0 radical (unpaired) electrons. The van der Waals surface area contributed by atoms with E-state index in [1.54, 1.807) is 0 Å². The minimum absolute atomic E-state index is 0.434. The molecule has 0 saturated heterocycles. The molecule has 0 unspecified atom stereocenters. The molecule has 0 saturated carbocycles. The van der Waals surface area contributed by atoms with Gasteiger partial charge in [-0.2, -0.15) is 0 Å². The normalized spacial score (nSPS) is 11.2. The average molecular weight is 297 g/mol. The molecule has 0 amide bonds. The van der Waals surface area contributed by atoms with Crippen molar-refractivity contribution >= 4 is 5.78 Å². The monoisotopic (exact) mass is 296 g/mol. The second-order valence-corrected chi connectivity index (χ2v) is 7.07. The molecule has 0 aromatic heterocycles. The van der Waals surface area contributed by atoms with Crippen molar-refractivity contribution < 1.29 is 4.79 Å². The quantitative estimate of drug-likeness (QED) is 0.278. The first-order valence-electron chi connectivity index (χ1n) is 9.68. The number of rotatable bonds is 16. The first kappa shape index (κ1) is 20.7. The lowest BCUT2D eigenvalue weighted by molar-refractivity contribution is -0.118. The van der Waals surface area contributed by atoms with Gasteiger partial charge in [0.15, 0.2) is 0 Å². The summed E-state index contributed by atoms with van der Waals surface area (Å²) in [7, 11) is 0. The van der Waals surface area contributed by atoms with Crippen molar-refractivity contribution in [3.05, 3.63) is 0 Å². The number of hydrogen-bond donors (Lipinski definition) is 0. The lowest BCUT2D eigenvalue weighted by atomic mass is 10.0. The topological polar surface area (TPSA) is 17.1 Å². The molecule has 0 aliphatic carbocycles. The fourth-order valence-corrected chi connectivity index (χ4v) is 2.82. The van der Waals surface area contributed by atoms with Crippen LogP contribution in [0, 0.1) is 5.92 Å². The van der Waals surface area contributed by atoms with E-state index in [-0.39, 0.29) is 0 Å². The Hall–Kier alpha value is -0.330. The van der Waals surface area contributed by atoms with E-state index in [0.717, 1.165) is 25.2 Å². The van der Waals surface area contributed by atoms with Crippen LogP contribution < -0.4 is 0 Å². The summed E-state index contributed by atoms with van der Waals surface area (Å²) in [5, 5.41) is 0. The molecule has 0 aromatic rings. The van der Waals surface area contributed by atoms with Crippen molar-refractivity contribution in [3.8, 4) is 0 Å². The van der Waals surface area contributed by atoms with Gasteiger partial charge in [0, 0.05) is 12.8 Å². The van der Waals surface area contributed by atoms with Crippen molar-refractivity contribution in [1.82, 2.24) is 0 Å². The third-order valence-electron chi connectivity index (χ3n) is 4.38. The van der Waals surface area contributed by atoms with Gasteiger partial charge in [-0.15, -0.1) is 0 Å². The molecule has 21 heavy (non-hydrogen) atoms. The third kappa shape index (κ3) is 17.6. The number of hydrogen-bond acceptors (Lipinski definition) is 1. The number of carbonyl (C=O) groups is 1. The molecule has 0 spiro atoms. The Labute approximate surface area is 134 Å². The Bertz CT molecular complexity index is 220. The second kappa shape index (κ2) is 16.0. The molecular formula is C20H40O. The Morgan fingerprint density at radius 2 is 1.05 bits per heavy atom. The van der Waals surface area contributed by atoms with Crippen molar-refractivity contribution in [1.29, 1.82) is 0 Å². The van der Waals surface area contributed by atoms with Gasteiger partial charge >= 0.3 is 0 Å². The maximum atomic E-state index is 11.1. The zero-order chi connectivity index (χ0) is 15.8. The SMILES string of the molecule is CCC(=O)CCCCCCCCCCCCCCC(C)C. The van der Waals surface area contributed by atoms with E-state index in [1.165, 1.54) is 77.0 Å². The fraction of sp³-hybridized carbons (Fsp3) is 0.950.